The molecule has 0 aliphatic carbocycles. The van der Waals surface area contributed by atoms with E-state index in [9.17, 15) is 5.11 Å². The van der Waals surface area contributed by atoms with Crippen molar-refractivity contribution in [1.29, 1.82) is 0 Å². The number of phenolic OH excluding ortho intramolecular Hbond substituents is 1. The molecule has 8 heteroatoms. The minimum Gasteiger partial charge on any atom is -0.507 e. The Hall–Kier alpha value is -2.51. The minimum atomic E-state index is 0.120. The van der Waals surface area contributed by atoms with Crippen LogP contribution in [-0.2, 0) is 7.05 Å². The molecule has 0 radical (unpaired) electrons. The fraction of sp³-hybridized carbons (Fsp3) is 0.211. The van der Waals surface area contributed by atoms with E-state index < -0.39 is 0 Å². The Kier molecular flexibility index (Phi) is 3.87. The van der Waals surface area contributed by atoms with E-state index in [4.69, 9.17) is 11.6 Å². The molecule has 0 amide bonds. The van der Waals surface area contributed by atoms with Crippen LogP contribution in [0.25, 0.3) is 33.2 Å². The predicted octanol–water partition coefficient (Wildman–Crippen LogP) is 4.05. The number of pyridine rings is 2. The first-order valence-corrected chi connectivity index (χ1v) is 10.1. The average molecular weight is 398 g/mol. The molecule has 1 aliphatic heterocycles. The van der Waals surface area contributed by atoms with E-state index in [-0.39, 0.29) is 5.75 Å². The Labute approximate surface area is 164 Å². The molecule has 0 atom stereocenters. The highest BCUT2D eigenvalue weighted by atomic mass is 35.5. The number of aromatic hydroxyl groups is 1. The Balaban J connectivity index is 1.63. The number of aromatic nitrogens is 4. The van der Waals surface area contributed by atoms with Gasteiger partial charge < -0.3 is 10.0 Å². The van der Waals surface area contributed by atoms with Gasteiger partial charge in [-0.1, -0.05) is 11.6 Å². The first-order valence-electron chi connectivity index (χ1n) is 8.54. The van der Waals surface area contributed by atoms with Crippen LogP contribution >= 0.6 is 23.4 Å². The summed E-state index contributed by atoms with van der Waals surface area (Å²) in [5.74, 6) is 2.21. The van der Waals surface area contributed by atoms with Gasteiger partial charge in [0.1, 0.15) is 5.75 Å². The number of hydrogen-bond donors (Lipinski definition) is 1. The number of phenols is 1. The SMILES string of the molecule is Cn1cc2cc(-c3cc(Cl)c4cc(N5CCSC5)cnc4n3)c(O)cc2n1. The Morgan fingerprint density at radius 1 is 1.22 bits per heavy atom. The summed E-state index contributed by atoms with van der Waals surface area (Å²) >= 11 is 8.47. The number of fused-ring (bicyclic) bond motifs is 2. The van der Waals surface area contributed by atoms with Crippen molar-refractivity contribution in [2.45, 2.75) is 0 Å². The summed E-state index contributed by atoms with van der Waals surface area (Å²) < 4.78 is 1.72. The third kappa shape index (κ3) is 2.87. The van der Waals surface area contributed by atoms with Crippen LogP contribution in [0.4, 0.5) is 5.69 Å². The maximum absolute atomic E-state index is 10.5. The highest BCUT2D eigenvalue weighted by Crippen LogP contribution is 2.36. The molecule has 1 N–H and O–H groups in total. The Morgan fingerprint density at radius 2 is 2.11 bits per heavy atom. The second kappa shape index (κ2) is 6.28. The number of hydrogen-bond acceptors (Lipinski definition) is 6. The predicted molar refractivity (Wildman–Crippen MR) is 111 cm³/mol. The summed E-state index contributed by atoms with van der Waals surface area (Å²) in [7, 11) is 1.85. The maximum atomic E-state index is 10.5. The monoisotopic (exact) mass is 397 g/mol. The smallest absolute Gasteiger partial charge is 0.161 e. The number of nitrogens with zero attached hydrogens (tertiary/aromatic N) is 5. The van der Waals surface area contributed by atoms with Crippen LogP contribution < -0.4 is 4.90 Å². The number of aryl methyl sites for hydroxylation is 1. The lowest BCUT2D eigenvalue weighted by molar-refractivity contribution is 0.478. The van der Waals surface area contributed by atoms with Crippen LogP contribution in [0.2, 0.25) is 5.02 Å². The quantitative estimate of drug-likeness (QED) is 0.550. The highest BCUT2D eigenvalue weighted by molar-refractivity contribution is 7.99. The molecule has 0 unspecified atom stereocenters. The molecule has 1 saturated heterocycles. The van der Waals surface area contributed by atoms with Crippen molar-refractivity contribution in [1.82, 2.24) is 19.7 Å². The molecule has 1 aliphatic rings. The number of rotatable bonds is 2. The zero-order valence-corrected chi connectivity index (χ0v) is 16.1. The molecule has 6 nitrogen and oxygen atoms in total. The standard InChI is InChI=1S/C19H16ClN5OS/c1-24-9-11-4-14(18(26)7-16(11)23-24)17-6-15(20)13-5-12(8-21-19(13)22-17)25-2-3-27-10-25/h4-9,26H,2-3,10H2,1H3. The van der Waals surface area contributed by atoms with Gasteiger partial charge in [0.05, 0.1) is 34.0 Å². The van der Waals surface area contributed by atoms with Crippen molar-refractivity contribution in [3.63, 3.8) is 0 Å². The summed E-state index contributed by atoms with van der Waals surface area (Å²) in [6.07, 6.45) is 3.74. The van der Waals surface area contributed by atoms with E-state index in [1.807, 2.05) is 43.3 Å². The second-order valence-corrected chi connectivity index (χ2v) is 8.07. The van der Waals surface area contributed by atoms with Gasteiger partial charge in [0.15, 0.2) is 5.65 Å². The van der Waals surface area contributed by atoms with E-state index in [0.29, 0.717) is 21.9 Å². The fourth-order valence-electron chi connectivity index (χ4n) is 3.37. The largest absolute Gasteiger partial charge is 0.507 e. The topological polar surface area (TPSA) is 67.1 Å². The normalized spacial score (nSPS) is 14.5. The first kappa shape index (κ1) is 16.6. The average Bonchev–Trinajstić information content (AvgIpc) is 3.29. The van der Waals surface area contributed by atoms with Crippen LogP contribution in [-0.4, -0.2) is 43.0 Å². The van der Waals surface area contributed by atoms with Crippen molar-refractivity contribution in [3.05, 3.63) is 41.7 Å². The first-order chi connectivity index (χ1) is 13.1. The third-order valence-electron chi connectivity index (χ3n) is 4.73. The molecule has 4 heterocycles. The van der Waals surface area contributed by atoms with E-state index in [1.54, 1.807) is 16.8 Å². The summed E-state index contributed by atoms with van der Waals surface area (Å²) in [5.41, 5.74) is 3.56. The lowest BCUT2D eigenvalue weighted by atomic mass is 10.1. The van der Waals surface area contributed by atoms with Crippen LogP contribution in [0, 0.1) is 0 Å². The molecule has 1 fully saturated rings. The number of benzene rings is 1. The van der Waals surface area contributed by atoms with Gasteiger partial charge >= 0.3 is 0 Å². The number of halogens is 1. The summed E-state index contributed by atoms with van der Waals surface area (Å²) in [5, 5.41) is 17.1. The van der Waals surface area contributed by atoms with E-state index >= 15 is 0 Å². The third-order valence-corrected chi connectivity index (χ3v) is 6.01. The summed E-state index contributed by atoms with van der Waals surface area (Å²) in [6.45, 7) is 1.01. The molecule has 4 aromatic rings. The van der Waals surface area contributed by atoms with Gasteiger partial charge in [-0.05, 0) is 18.2 Å². The van der Waals surface area contributed by atoms with Gasteiger partial charge in [0, 0.05) is 47.9 Å². The van der Waals surface area contributed by atoms with E-state index in [1.165, 1.54) is 0 Å². The molecule has 5 rings (SSSR count). The van der Waals surface area contributed by atoms with Gasteiger partial charge in [0.25, 0.3) is 0 Å². The minimum absolute atomic E-state index is 0.120. The fourth-order valence-corrected chi connectivity index (χ4v) is 4.59. The summed E-state index contributed by atoms with van der Waals surface area (Å²) in [4.78, 5) is 11.4. The molecule has 0 saturated carbocycles. The van der Waals surface area contributed by atoms with Gasteiger partial charge in [-0.3, -0.25) is 4.68 Å². The molecule has 136 valence electrons. The molecule has 1 aromatic carbocycles. The van der Waals surface area contributed by atoms with Gasteiger partial charge in [-0.15, -0.1) is 11.8 Å². The molecule has 3 aromatic heterocycles. The van der Waals surface area contributed by atoms with Crippen molar-refractivity contribution < 1.29 is 5.11 Å². The van der Waals surface area contributed by atoms with Crippen LogP contribution in [0.15, 0.2) is 36.7 Å². The van der Waals surface area contributed by atoms with E-state index in [0.717, 1.165) is 40.2 Å². The molecular weight excluding hydrogens is 382 g/mol. The number of anilines is 1. The zero-order chi connectivity index (χ0) is 18.5. The van der Waals surface area contributed by atoms with Crippen molar-refractivity contribution in [2.75, 3.05) is 23.1 Å². The lowest BCUT2D eigenvalue weighted by Gasteiger charge is -2.17. The van der Waals surface area contributed by atoms with Gasteiger partial charge in [0.2, 0.25) is 0 Å². The van der Waals surface area contributed by atoms with Gasteiger partial charge in [-0.2, -0.15) is 5.10 Å². The molecular formula is C19H16ClN5OS. The number of thioether (sulfide) groups is 1. The van der Waals surface area contributed by atoms with Crippen LogP contribution in [0.3, 0.4) is 0 Å². The van der Waals surface area contributed by atoms with Crippen molar-refractivity contribution in [2.24, 2.45) is 7.05 Å². The maximum Gasteiger partial charge on any atom is 0.161 e. The molecule has 0 bridgehead atoms. The molecule has 27 heavy (non-hydrogen) atoms. The van der Waals surface area contributed by atoms with Crippen LogP contribution in [0.5, 0.6) is 5.75 Å². The highest BCUT2D eigenvalue weighted by Gasteiger charge is 2.17. The van der Waals surface area contributed by atoms with Gasteiger partial charge in [-0.25, -0.2) is 9.97 Å². The van der Waals surface area contributed by atoms with Crippen molar-refractivity contribution >= 4 is 51.0 Å². The van der Waals surface area contributed by atoms with Crippen molar-refractivity contribution in [3.8, 4) is 17.0 Å². The Bertz CT molecular complexity index is 1190. The van der Waals surface area contributed by atoms with E-state index in [2.05, 4.69) is 20.0 Å². The zero-order valence-electron chi connectivity index (χ0n) is 14.6. The Morgan fingerprint density at radius 3 is 2.93 bits per heavy atom. The van der Waals surface area contributed by atoms with Crippen LogP contribution in [0.1, 0.15) is 0 Å². The summed E-state index contributed by atoms with van der Waals surface area (Å²) in [6, 6.07) is 7.34. The lowest BCUT2D eigenvalue weighted by Crippen LogP contribution is -2.18. The second-order valence-electron chi connectivity index (χ2n) is 6.59. The molecule has 0 spiro atoms.